The van der Waals surface area contributed by atoms with Gasteiger partial charge in [-0.1, -0.05) is 13.8 Å². The van der Waals surface area contributed by atoms with Gasteiger partial charge in [0.05, 0.1) is 4.90 Å². The highest BCUT2D eigenvalue weighted by Gasteiger charge is 2.24. The fourth-order valence-electron chi connectivity index (χ4n) is 1.88. The van der Waals surface area contributed by atoms with E-state index >= 15 is 0 Å². The van der Waals surface area contributed by atoms with Gasteiger partial charge in [-0.2, -0.15) is 0 Å². The zero-order valence-electron chi connectivity index (χ0n) is 12.9. The molecule has 0 saturated carbocycles. The van der Waals surface area contributed by atoms with Crippen LogP contribution in [0.5, 0.6) is 0 Å². The van der Waals surface area contributed by atoms with Crippen molar-refractivity contribution in [3.63, 3.8) is 0 Å². The highest BCUT2D eigenvalue weighted by molar-refractivity contribution is 7.89. The van der Waals surface area contributed by atoms with Gasteiger partial charge in [-0.15, -0.1) is 12.4 Å². The molecule has 0 aliphatic rings. The summed E-state index contributed by atoms with van der Waals surface area (Å²) < 4.78 is 40.5. The fourth-order valence-corrected chi connectivity index (χ4v) is 3.19. The first-order valence-corrected chi connectivity index (χ1v) is 8.19. The number of benzene rings is 1. The summed E-state index contributed by atoms with van der Waals surface area (Å²) in [5.74, 6) is -0.376. The predicted molar refractivity (Wildman–Crippen MR) is 85.8 cm³/mol. The van der Waals surface area contributed by atoms with Gasteiger partial charge >= 0.3 is 0 Å². The van der Waals surface area contributed by atoms with Crippen molar-refractivity contribution in [2.45, 2.75) is 51.0 Å². The molecule has 0 bridgehead atoms. The van der Waals surface area contributed by atoms with Crippen LogP contribution < -0.4 is 10.5 Å². The summed E-state index contributed by atoms with van der Waals surface area (Å²) in [6, 6.07) is 2.67. The molecule has 122 valence electrons. The van der Waals surface area contributed by atoms with Crippen molar-refractivity contribution < 1.29 is 12.8 Å². The molecule has 1 aromatic rings. The number of nitrogens with one attached hydrogen (secondary N) is 1. The van der Waals surface area contributed by atoms with Crippen LogP contribution in [-0.4, -0.2) is 20.5 Å². The average Bonchev–Trinajstić information content (AvgIpc) is 2.41. The van der Waals surface area contributed by atoms with Crippen molar-refractivity contribution in [2.24, 2.45) is 5.73 Å². The third-order valence-electron chi connectivity index (χ3n) is 3.74. The van der Waals surface area contributed by atoms with Crippen LogP contribution in [0.25, 0.3) is 0 Å². The molecule has 7 heteroatoms. The Balaban J connectivity index is 0.00000400. The molecule has 0 fully saturated rings. The third-order valence-corrected chi connectivity index (χ3v) is 5.12. The zero-order chi connectivity index (χ0) is 15.6. The standard InChI is InChI=1S/C14H23FN2O2S.ClH/c1-5-14(16,6-2)9-17-20(18,19)12-7-10(3)13(15)11(4)8-12;/h7-8,17H,5-6,9,16H2,1-4H3;1H. The lowest BCUT2D eigenvalue weighted by molar-refractivity contribution is 0.391. The van der Waals surface area contributed by atoms with Crippen LogP contribution in [0.3, 0.4) is 0 Å². The number of hydrogen-bond donors (Lipinski definition) is 2. The number of halogens is 2. The van der Waals surface area contributed by atoms with Crippen LogP contribution in [0.2, 0.25) is 0 Å². The van der Waals surface area contributed by atoms with Crippen LogP contribution in [0.15, 0.2) is 17.0 Å². The smallest absolute Gasteiger partial charge is 0.240 e. The Labute approximate surface area is 132 Å². The second-order valence-electron chi connectivity index (χ2n) is 5.27. The maximum atomic E-state index is 13.5. The molecule has 0 heterocycles. The van der Waals surface area contributed by atoms with Crippen molar-refractivity contribution in [3.8, 4) is 0 Å². The predicted octanol–water partition coefficient (Wildman–Crippen LogP) is 2.66. The molecule has 3 N–H and O–H groups in total. The van der Waals surface area contributed by atoms with Gasteiger partial charge in [-0.3, -0.25) is 0 Å². The highest BCUT2D eigenvalue weighted by atomic mass is 35.5. The van der Waals surface area contributed by atoms with Crippen LogP contribution in [0.1, 0.15) is 37.8 Å². The van der Waals surface area contributed by atoms with Gasteiger partial charge in [0.15, 0.2) is 0 Å². The van der Waals surface area contributed by atoms with E-state index in [0.29, 0.717) is 24.0 Å². The van der Waals surface area contributed by atoms with Crippen LogP contribution in [0, 0.1) is 19.7 Å². The zero-order valence-corrected chi connectivity index (χ0v) is 14.5. The Bertz CT molecular complexity index is 564. The number of hydrogen-bond acceptors (Lipinski definition) is 3. The molecule has 0 aromatic heterocycles. The molecule has 1 rings (SSSR count). The Morgan fingerprint density at radius 3 is 2.00 bits per heavy atom. The molecule has 0 aliphatic carbocycles. The molecule has 0 saturated heterocycles. The molecule has 0 spiro atoms. The Hall–Kier alpha value is -0.690. The van der Waals surface area contributed by atoms with Crippen molar-refractivity contribution >= 4 is 22.4 Å². The van der Waals surface area contributed by atoms with Gasteiger partial charge in [0.2, 0.25) is 10.0 Å². The van der Waals surface area contributed by atoms with Gasteiger partial charge in [-0.05, 0) is 49.9 Å². The summed E-state index contributed by atoms with van der Waals surface area (Å²) in [6.45, 7) is 7.10. The maximum Gasteiger partial charge on any atom is 0.240 e. The number of sulfonamides is 1. The quantitative estimate of drug-likeness (QED) is 0.837. The van der Waals surface area contributed by atoms with E-state index in [1.165, 1.54) is 12.1 Å². The summed E-state index contributed by atoms with van der Waals surface area (Å²) in [7, 11) is -3.67. The summed E-state index contributed by atoms with van der Waals surface area (Å²) in [5, 5.41) is 0. The average molecular weight is 339 g/mol. The topological polar surface area (TPSA) is 72.2 Å². The molecule has 0 unspecified atom stereocenters. The van der Waals surface area contributed by atoms with Gasteiger partial charge in [-0.25, -0.2) is 17.5 Å². The first-order valence-electron chi connectivity index (χ1n) is 6.70. The normalized spacial score (nSPS) is 12.1. The second kappa shape index (κ2) is 7.54. The molecular formula is C14H24ClFN2O2S. The van der Waals surface area contributed by atoms with E-state index in [4.69, 9.17) is 5.73 Å². The first kappa shape index (κ1) is 20.3. The third kappa shape index (κ3) is 4.92. The lowest BCUT2D eigenvalue weighted by Crippen LogP contribution is -2.49. The number of rotatable bonds is 6. The van der Waals surface area contributed by atoms with E-state index in [-0.39, 0.29) is 29.7 Å². The van der Waals surface area contributed by atoms with E-state index in [2.05, 4.69) is 4.72 Å². The number of nitrogens with two attached hydrogens (primary N) is 1. The lowest BCUT2D eigenvalue weighted by atomic mass is 9.95. The monoisotopic (exact) mass is 338 g/mol. The van der Waals surface area contributed by atoms with Crippen molar-refractivity contribution in [3.05, 3.63) is 29.1 Å². The van der Waals surface area contributed by atoms with Gasteiger partial charge in [0.1, 0.15) is 5.82 Å². The summed E-state index contributed by atoms with van der Waals surface area (Å²) >= 11 is 0. The molecule has 0 radical (unpaired) electrons. The van der Waals surface area contributed by atoms with Crippen LogP contribution in [0.4, 0.5) is 4.39 Å². The number of aryl methyl sites for hydroxylation is 2. The molecule has 0 aliphatic heterocycles. The van der Waals surface area contributed by atoms with Gasteiger partial charge < -0.3 is 5.73 Å². The lowest BCUT2D eigenvalue weighted by Gasteiger charge is -2.26. The molecule has 4 nitrogen and oxygen atoms in total. The van der Waals surface area contributed by atoms with E-state index < -0.39 is 15.6 Å². The summed E-state index contributed by atoms with van der Waals surface area (Å²) in [5.41, 5.74) is 6.15. The Morgan fingerprint density at radius 2 is 1.62 bits per heavy atom. The first-order chi connectivity index (χ1) is 9.15. The van der Waals surface area contributed by atoms with Crippen LogP contribution >= 0.6 is 12.4 Å². The Kier molecular flexibility index (Phi) is 7.29. The van der Waals surface area contributed by atoms with E-state index in [1.807, 2.05) is 13.8 Å². The van der Waals surface area contributed by atoms with Crippen molar-refractivity contribution in [1.82, 2.24) is 4.72 Å². The maximum absolute atomic E-state index is 13.5. The molecule has 21 heavy (non-hydrogen) atoms. The van der Waals surface area contributed by atoms with E-state index in [1.54, 1.807) is 13.8 Å². The van der Waals surface area contributed by atoms with Crippen molar-refractivity contribution in [2.75, 3.05) is 6.54 Å². The minimum Gasteiger partial charge on any atom is -0.324 e. The van der Waals surface area contributed by atoms with Crippen molar-refractivity contribution in [1.29, 1.82) is 0 Å². The van der Waals surface area contributed by atoms with Crippen LogP contribution in [-0.2, 0) is 10.0 Å². The minimum atomic E-state index is -3.67. The molecule has 0 atom stereocenters. The molecule has 0 amide bonds. The fraction of sp³-hybridized carbons (Fsp3) is 0.571. The summed E-state index contributed by atoms with van der Waals surface area (Å²) in [4.78, 5) is 0.0726. The SMILES string of the molecule is CCC(N)(CC)CNS(=O)(=O)c1cc(C)c(F)c(C)c1.Cl. The molecular weight excluding hydrogens is 315 g/mol. The van der Waals surface area contributed by atoms with E-state index in [9.17, 15) is 12.8 Å². The van der Waals surface area contributed by atoms with E-state index in [0.717, 1.165) is 0 Å². The van der Waals surface area contributed by atoms with Gasteiger partial charge in [0, 0.05) is 12.1 Å². The minimum absolute atomic E-state index is 0. The summed E-state index contributed by atoms with van der Waals surface area (Å²) in [6.07, 6.45) is 1.35. The largest absolute Gasteiger partial charge is 0.324 e. The van der Waals surface area contributed by atoms with Gasteiger partial charge in [0.25, 0.3) is 0 Å². The second-order valence-corrected chi connectivity index (χ2v) is 7.03. The molecule has 1 aromatic carbocycles. The highest BCUT2D eigenvalue weighted by Crippen LogP contribution is 2.19. The Morgan fingerprint density at radius 1 is 1.19 bits per heavy atom.